The molecule has 2 heterocycles. The predicted octanol–water partition coefficient (Wildman–Crippen LogP) is 3.01. The fourth-order valence-electron chi connectivity index (χ4n) is 2.02. The van der Waals surface area contributed by atoms with E-state index in [1.54, 1.807) is 12.3 Å². The molecule has 1 N–H and O–H groups in total. The second-order valence-corrected chi connectivity index (χ2v) is 4.23. The Morgan fingerprint density at radius 2 is 2.11 bits per heavy atom. The third-order valence-corrected chi connectivity index (χ3v) is 2.96. The molecule has 0 radical (unpaired) electrons. The van der Waals surface area contributed by atoms with E-state index in [9.17, 15) is 5.11 Å². The van der Waals surface area contributed by atoms with Gasteiger partial charge in [0, 0.05) is 5.56 Å². The average Bonchev–Trinajstić information content (AvgIpc) is 2.94. The van der Waals surface area contributed by atoms with Gasteiger partial charge in [0.2, 0.25) is 0 Å². The number of aliphatic hydroxyl groups excluding tert-OH is 1. The molecule has 1 aromatic carbocycles. The van der Waals surface area contributed by atoms with Crippen molar-refractivity contribution < 1.29 is 13.9 Å². The molecular formula is C14H13NO3. The number of benzene rings is 1. The Morgan fingerprint density at radius 3 is 2.83 bits per heavy atom. The highest BCUT2D eigenvalue weighted by atomic mass is 16.4. The molecule has 0 aliphatic carbocycles. The van der Waals surface area contributed by atoms with Crippen LogP contribution in [0.3, 0.4) is 0 Å². The summed E-state index contributed by atoms with van der Waals surface area (Å²) in [5.41, 5.74) is 2.32. The normalized spacial score (nSPS) is 13.0. The summed E-state index contributed by atoms with van der Waals surface area (Å²) in [6, 6.07) is 9.32. The Morgan fingerprint density at radius 1 is 1.28 bits per heavy atom. The van der Waals surface area contributed by atoms with Crippen LogP contribution in [0.2, 0.25) is 0 Å². The maximum absolute atomic E-state index is 10.1. The minimum Gasteiger partial charge on any atom is -0.469 e. The van der Waals surface area contributed by atoms with Crippen LogP contribution in [0.5, 0.6) is 0 Å². The third kappa shape index (κ3) is 1.91. The second kappa shape index (κ2) is 4.31. The van der Waals surface area contributed by atoms with Crippen molar-refractivity contribution in [3.63, 3.8) is 0 Å². The predicted molar refractivity (Wildman–Crippen MR) is 66.1 cm³/mol. The van der Waals surface area contributed by atoms with E-state index < -0.39 is 6.10 Å². The summed E-state index contributed by atoms with van der Waals surface area (Å²) in [7, 11) is 0. The molecule has 4 nitrogen and oxygen atoms in total. The minimum absolute atomic E-state index is 0.342. The number of fused-ring (bicyclic) bond motifs is 1. The number of furan rings is 1. The molecule has 1 atom stereocenters. The van der Waals surface area contributed by atoms with Crippen LogP contribution in [0.25, 0.3) is 11.1 Å². The number of oxazole rings is 1. The van der Waals surface area contributed by atoms with Crippen molar-refractivity contribution >= 4 is 11.1 Å². The molecule has 18 heavy (non-hydrogen) atoms. The number of para-hydroxylation sites is 2. The van der Waals surface area contributed by atoms with E-state index in [0.717, 1.165) is 22.4 Å². The van der Waals surface area contributed by atoms with Crippen LogP contribution in [0.15, 0.2) is 45.4 Å². The molecule has 92 valence electrons. The number of aromatic nitrogens is 1. The summed E-state index contributed by atoms with van der Waals surface area (Å²) in [6.45, 7) is 1.82. The zero-order chi connectivity index (χ0) is 12.5. The standard InChI is InChI=1S/C14H13NO3/c1-9-10(6-7-17-9)12(16)8-14-15-11-4-2-3-5-13(11)18-14/h2-7,12,16H,8H2,1H3. The molecule has 2 aromatic heterocycles. The molecule has 0 aliphatic heterocycles. The van der Waals surface area contributed by atoms with Gasteiger partial charge in [-0.05, 0) is 25.1 Å². The zero-order valence-corrected chi connectivity index (χ0v) is 9.96. The van der Waals surface area contributed by atoms with Gasteiger partial charge in [-0.3, -0.25) is 0 Å². The van der Waals surface area contributed by atoms with Crippen molar-refractivity contribution in [2.24, 2.45) is 0 Å². The van der Waals surface area contributed by atoms with Gasteiger partial charge in [-0.15, -0.1) is 0 Å². The van der Waals surface area contributed by atoms with E-state index in [0.29, 0.717) is 12.3 Å². The summed E-state index contributed by atoms with van der Waals surface area (Å²) in [6.07, 6.45) is 1.26. The highest BCUT2D eigenvalue weighted by molar-refractivity contribution is 5.72. The fourth-order valence-corrected chi connectivity index (χ4v) is 2.02. The van der Waals surface area contributed by atoms with Gasteiger partial charge in [-0.2, -0.15) is 0 Å². The van der Waals surface area contributed by atoms with Crippen molar-refractivity contribution in [3.05, 3.63) is 53.8 Å². The number of rotatable bonds is 3. The summed E-state index contributed by atoms with van der Waals surface area (Å²) >= 11 is 0. The molecule has 0 saturated carbocycles. The highest BCUT2D eigenvalue weighted by Crippen LogP contribution is 2.24. The lowest BCUT2D eigenvalue weighted by Gasteiger charge is -2.06. The van der Waals surface area contributed by atoms with E-state index in [1.807, 2.05) is 31.2 Å². The van der Waals surface area contributed by atoms with Crippen LogP contribution in [-0.2, 0) is 6.42 Å². The van der Waals surface area contributed by atoms with Gasteiger partial charge in [-0.1, -0.05) is 12.1 Å². The zero-order valence-electron chi connectivity index (χ0n) is 9.96. The van der Waals surface area contributed by atoms with Crippen LogP contribution in [-0.4, -0.2) is 10.1 Å². The smallest absolute Gasteiger partial charge is 0.198 e. The maximum Gasteiger partial charge on any atom is 0.198 e. The van der Waals surface area contributed by atoms with Crippen LogP contribution >= 0.6 is 0 Å². The van der Waals surface area contributed by atoms with Crippen molar-refractivity contribution in [1.29, 1.82) is 0 Å². The highest BCUT2D eigenvalue weighted by Gasteiger charge is 2.16. The van der Waals surface area contributed by atoms with Crippen LogP contribution in [0.4, 0.5) is 0 Å². The summed E-state index contributed by atoms with van der Waals surface area (Å²) in [4.78, 5) is 4.33. The van der Waals surface area contributed by atoms with Crippen molar-refractivity contribution in [3.8, 4) is 0 Å². The summed E-state index contributed by atoms with van der Waals surface area (Å²) in [5, 5.41) is 10.1. The van der Waals surface area contributed by atoms with Gasteiger partial charge >= 0.3 is 0 Å². The average molecular weight is 243 g/mol. The van der Waals surface area contributed by atoms with Crippen molar-refractivity contribution in [2.45, 2.75) is 19.4 Å². The lowest BCUT2D eigenvalue weighted by Crippen LogP contribution is -2.02. The Labute approximate surface area is 104 Å². The lowest BCUT2D eigenvalue weighted by molar-refractivity contribution is 0.167. The van der Waals surface area contributed by atoms with Crippen molar-refractivity contribution in [1.82, 2.24) is 4.98 Å². The first-order valence-corrected chi connectivity index (χ1v) is 5.80. The molecule has 0 saturated heterocycles. The Kier molecular flexibility index (Phi) is 2.64. The Bertz CT molecular complexity index is 635. The van der Waals surface area contributed by atoms with Crippen molar-refractivity contribution in [2.75, 3.05) is 0 Å². The monoisotopic (exact) mass is 243 g/mol. The first kappa shape index (κ1) is 11.0. The number of aliphatic hydroxyl groups is 1. The first-order valence-electron chi connectivity index (χ1n) is 5.80. The quantitative estimate of drug-likeness (QED) is 0.768. The Balaban J connectivity index is 1.86. The van der Waals surface area contributed by atoms with Crippen LogP contribution in [0, 0.1) is 6.92 Å². The SMILES string of the molecule is Cc1occc1C(O)Cc1nc2ccccc2o1. The van der Waals surface area contributed by atoms with E-state index in [2.05, 4.69) is 4.98 Å². The molecule has 4 heteroatoms. The molecule has 0 bridgehead atoms. The summed E-state index contributed by atoms with van der Waals surface area (Å²) in [5.74, 6) is 1.25. The molecule has 0 aliphatic rings. The van der Waals surface area contributed by atoms with E-state index in [1.165, 1.54) is 0 Å². The van der Waals surface area contributed by atoms with Gasteiger partial charge in [0.25, 0.3) is 0 Å². The van der Waals surface area contributed by atoms with E-state index >= 15 is 0 Å². The molecule has 0 spiro atoms. The number of hydrogen-bond acceptors (Lipinski definition) is 4. The minimum atomic E-state index is -0.656. The van der Waals surface area contributed by atoms with Gasteiger partial charge < -0.3 is 13.9 Å². The van der Waals surface area contributed by atoms with Gasteiger partial charge in [0.05, 0.1) is 18.8 Å². The third-order valence-electron chi connectivity index (χ3n) is 2.96. The maximum atomic E-state index is 10.1. The first-order chi connectivity index (χ1) is 8.74. The second-order valence-electron chi connectivity index (χ2n) is 4.23. The van der Waals surface area contributed by atoms with Gasteiger partial charge in [0.15, 0.2) is 11.5 Å². The number of nitrogens with zero attached hydrogens (tertiary/aromatic N) is 1. The largest absolute Gasteiger partial charge is 0.469 e. The number of aryl methyl sites for hydroxylation is 1. The van der Waals surface area contributed by atoms with E-state index in [-0.39, 0.29) is 0 Å². The van der Waals surface area contributed by atoms with Crippen LogP contribution in [0.1, 0.15) is 23.3 Å². The van der Waals surface area contributed by atoms with Gasteiger partial charge in [0.1, 0.15) is 11.3 Å². The fraction of sp³-hybridized carbons (Fsp3) is 0.214. The lowest BCUT2D eigenvalue weighted by atomic mass is 10.1. The Hall–Kier alpha value is -2.07. The molecule has 1 unspecified atom stereocenters. The topological polar surface area (TPSA) is 59.4 Å². The molecule has 3 rings (SSSR count). The summed E-state index contributed by atoms with van der Waals surface area (Å²) < 4.78 is 10.7. The van der Waals surface area contributed by atoms with Gasteiger partial charge in [-0.25, -0.2) is 4.98 Å². The molecular weight excluding hydrogens is 230 g/mol. The molecule has 0 fully saturated rings. The van der Waals surface area contributed by atoms with Crippen LogP contribution < -0.4 is 0 Å². The number of hydrogen-bond donors (Lipinski definition) is 1. The van der Waals surface area contributed by atoms with E-state index in [4.69, 9.17) is 8.83 Å². The molecule has 0 amide bonds. The molecule has 3 aromatic rings.